The summed E-state index contributed by atoms with van der Waals surface area (Å²) in [4.78, 5) is 25.3. The molecule has 5 nitrogen and oxygen atoms in total. The van der Waals surface area contributed by atoms with Crippen LogP contribution < -0.4 is 5.73 Å². The Hall–Kier alpha value is -1.75. The van der Waals surface area contributed by atoms with Crippen LogP contribution in [0.3, 0.4) is 0 Å². The average Bonchev–Trinajstić information content (AvgIpc) is 3.17. The third kappa shape index (κ3) is 2.77. The van der Waals surface area contributed by atoms with Crippen molar-refractivity contribution in [3.8, 4) is 0 Å². The summed E-state index contributed by atoms with van der Waals surface area (Å²) in [5.74, 6) is -0.217. The standard InChI is InChI=1S/C16H19ClN2O3/c17-12-5-3-11(4-6-12)16(7-8-16)14(20)22-10-13-2-1-9-19(13)15(18)21/h3-6,13H,1-2,7-10H2,(H2,18,21)/t13-/m0/s1. The molecule has 1 heterocycles. The number of hydrogen-bond donors (Lipinski definition) is 1. The van der Waals surface area contributed by atoms with Crippen molar-refractivity contribution in [1.29, 1.82) is 0 Å². The van der Waals surface area contributed by atoms with Crippen LogP contribution in [0.4, 0.5) is 4.79 Å². The molecule has 3 rings (SSSR count). The van der Waals surface area contributed by atoms with Gasteiger partial charge in [0.05, 0.1) is 11.5 Å². The third-order valence-corrected chi connectivity index (χ3v) is 4.86. The Labute approximate surface area is 134 Å². The summed E-state index contributed by atoms with van der Waals surface area (Å²) >= 11 is 5.89. The minimum Gasteiger partial charge on any atom is -0.463 e. The molecule has 2 fully saturated rings. The minimum absolute atomic E-state index is 0.0949. The molecule has 1 aliphatic heterocycles. The van der Waals surface area contributed by atoms with Gasteiger partial charge in [-0.3, -0.25) is 4.79 Å². The summed E-state index contributed by atoms with van der Waals surface area (Å²) in [6.45, 7) is 0.858. The summed E-state index contributed by atoms with van der Waals surface area (Å²) in [5.41, 5.74) is 5.75. The van der Waals surface area contributed by atoms with E-state index in [1.807, 2.05) is 12.1 Å². The fourth-order valence-electron chi connectivity index (χ4n) is 3.11. The molecule has 0 spiro atoms. The number of primary amides is 1. The molecule has 1 aromatic carbocycles. The molecular weight excluding hydrogens is 304 g/mol. The smallest absolute Gasteiger partial charge is 0.316 e. The van der Waals surface area contributed by atoms with Crippen LogP contribution >= 0.6 is 11.6 Å². The van der Waals surface area contributed by atoms with Crippen LogP contribution in [0, 0.1) is 0 Å². The molecule has 2 N–H and O–H groups in total. The van der Waals surface area contributed by atoms with Crippen LogP contribution in [0.5, 0.6) is 0 Å². The van der Waals surface area contributed by atoms with Gasteiger partial charge in [-0.15, -0.1) is 0 Å². The third-order valence-electron chi connectivity index (χ3n) is 4.60. The lowest BCUT2D eigenvalue weighted by Gasteiger charge is -2.23. The normalized spacial score (nSPS) is 22.4. The van der Waals surface area contributed by atoms with Gasteiger partial charge in [-0.25, -0.2) is 4.79 Å². The topological polar surface area (TPSA) is 72.6 Å². The lowest BCUT2D eigenvalue weighted by molar-refractivity contribution is -0.148. The van der Waals surface area contributed by atoms with Gasteiger partial charge >= 0.3 is 12.0 Å². The SMILES string of the molecule is NC(=O)N1CCC[C@H]1COC(=O)C1(c2ccc(Cl)cc2)CC1. The molecule has 0 unspecified atom stereocenters. The first-order valence-corrected chi connectivity index (χ1v) is 7.90. The highest BCUT2D eigenvalue weighted by molar-refractivity contribution is 6.30. The molecule has 0 aromatic heterocycles. The highest BCUT2D eigenvalue weighted by Gasteiger charge is 2.53. The predicted molar refractivity (Wildman–Crippen MR) is 82.6 cm³/mol. The van der Waals surface area contributed by atoms with Gasteiger partial charge in [0, 0.05) is 11.6 Å². The Bertz CT molecular complexity index is 584. The first kappa shape index (κ1) is 15.2. The number of ether oxygens (including phenoxy) is 1. The second-order valence-corrected chi connectivity index (χ2v) is 6.45. The lowest BCUT2D eigenvalue weighted by atomic mass is 9.96. The lowest BCUT2D eigenvalue weighted by Crippen LogP contribution is -2.42. The van der Waals surface area contributed by atoms with E-state index >= 15 is 0 Å². The van der Waals surface area contributed by atoms with Crippen LogP contribution in [0.1, 0.15) is 31.2 Å². The molecule has 1 atom stereocenters. The van der Waals surface area contributed by atoms with E-state index in [9.17, 15) is 9.59 Å². The predicted octanol–water partition coefficient (Wildman–Crippen LogP) is 2.46. The largest absolute Gasteiger partial charge is 0.463 e. The minimum atomic E-state index is -0.527. The zero-order chi connectivity index (χ0) is 15.7. The second kappa shape index (κ2) is 5.80. The van der Waals surface area contributed by atoms with E-state index < -0.39 is 11.4 Å². The van der Waals surface area contributed by atoms with Crippen molar-refractivity contribution >= 4 is 23.6 Å². The van der Waals surface area contributed by atoms with Gasteiger partial charge in [-0.2, -0.15) is 0 Å². The molecule has 2 amide bonds. The highest BCUT2D eigenvalue weighted by Crippen LogP contribution is 2.49. The number of nitrogens with zero attached hydrogens (tertiary/aromatic N) is 1. The van der Waals surface area contributed by atoms with Crippen molar-refractivity contribution in [2.45, 2.75) is 37.1 Å². The molecule has 1 saturated carbocycles. The quantitative estimate of drug-likeness (QED) is 0.865. The van der Waals surface area contributed by atoms with Crippen molar-refractivity contribution in [2.24, 2.45) is 5.73 Å². The Morgan fingerprint density at radius 3 is 2.59 bits per heavy atom. The second-order valence-electron chi connectivity index (χ2n) is 6.02. The molecule has 118 valence electrons. The molecule has 6 heteroatoms. The van der Waals surface area contributed by atoms with E-state index in [0.717, 1.165) is 31.2 Å². The maximum atomic E-state index is 12.5. The molecule has 2 aliphatic rings. The van der Waals surface area contributed by atoms with E-state index in [1.165, 1.54) is 0 Å². The number of hydrogen-bond acceptors (Lipinski definition) is 3. The van der Waals surface area contributed by atoms with Crippen molar-refractivity contribution in [3.63, 3.8) is 0 Å². The van der Waals surface area contributed by atoms with Crippen molar-refractivity contribution in [1.82, 2.24) is 4.90 Å². The number of benzene rings is 1. The number of rotatable bonds is 4. The van der Waals surface area contributed by atoms with E-state index in [1.54, 1.807) is 17.0 Å². The zero-order valence-electron chi connectivity index (χ0n) is 12.3. The average molecular weight is 323 g/mol. The summed E-state index contributed by atoms with van der Waals surface area (Å²) in [6, 6.07) is 6.79. The Morgan fingerprint density at radius 1 is 1.32 bits per heavy atom. The fraction of sp³-hybridized carbons (Fsp3) is 0.500. The van der Waals surface area contributed by atoms with Gasteiger partial charge in [-0.05, 0) is 43.4 Å². The zero-order valence-corrected chi connectivity index (χ0v) is 13.0. The Morgan fingerprint density at radius 2 is 2.00 bits per heavy atom. The molecule has 1 saturated heterocycles. The monoisotopic (exact) mass is 322 g/mol. The van der Waals surface area contributed by atoms with E-state index in [4.69, 9.17) is 22.1 Å². The number of likely N-dealkylation sites (tertiary alicyclic amines) is 1. The summed E-state index contributed by atoms with van der Waals surface area (Å²) in [5, 5.41) is 0.649. The van der Waals surface area contributed by atoms with Gasteiger partial charge in [-0.1, -0.05) is 23.7 Å². The summed E-state index contributed by atoms with van der Waals surface area (Å²) in [7, 11) is 0. The Balaban J connectivity index is 1.62. The maximum absolute atomic E-state index is 12.5. The fourth-order valence-corrected chi connectivity index (χ4v) is 3.24. The number of carbonyl (C=O) groups excluding carboxylic acids is 2. The van der Waals surface area contributed by atoms with Crippen molar-refractivity contribution in [3.05, 3.63) is 34.9 Å². The van der Waals surface area contributed by atoms with Crippen LogP contribution in [-0.2, 0) is 14.9 Å². The van der Waals surface area contributed by atoms with Crippen LogP contribution in [0.2, 0.25) is 5.02 Å². The Kier molecular flexibility index (Phi) is 4.00. The number of esters is 1. The molecule has 1 aromatic rings. The van der Waals surface area contributed by atoms with E-state index in [2.05, 4.69) is 0 Å². The number of carbonyl (C=O) groups is 2. The number of amides is 2. The van der Waals surface area contributed by atoms with Crippen LogP contribution in [-0.4, -0.2) is 36.1 Å². The molecule has 0 bridgehead atoms. The highest BCUT2D eigenvalue weighted by atomic mass is 35.5. The van der Waals surface area contributed by atoms with Crippen molar-refractivity contribution < 1.29 is 14.3 Å². The molecule has 1 aliphatic carbocycles. The van der Waals surface area contributed by atoms with Crippen LogP contribution in [0.25, 0.3) is 0 Å². The van der Waals surface area contributed by atoms with Crippen molar-refractivity contribution in [2.75, 3.05) is 13.2 Å². The molecule has 0 radical (unpaired) electrons. The first-order chi connectivity index (χ1) is 10.5. The first-order valence-electron chi connectivity index (χ1n) is 7.52. The maximum Gasteiger partial charge on any atom is 0.316 e. The molecular formula is C16H19ClN2O3. The van der Waals surface area contributed by atoms with Gasteiger partial charge in [0.25, 0.3) is 0 Å². The number of urea groups is 1. The van der Waals surface area contributed by atoms with Gasteiger partial charge < -0.3 is 15.4 Å². The summed E-state index contributed by atoms with van der Waals surface area (Å²) in [6.07, 6.45) is 3.30. The summed E-state index contributed by atoms with van der Waals surface area (Å²) < 4.78 is 5.50. The van der Waals surface area contributed by atoms with Crippen LogP contribution in [0.15, 0.2) is 24.3 Å². The number of nitrogens with two attached hydrogens (primary N) is 1. The molecule has 22 heavy (non-hydrogen) atoms. The van der Waals surface area contributed by atoms with Gasteiger partial charge in [0.1, 0.15) is 6.61 Å². The number of halogens is 1. The van der Waals surface area contributed by atoms with E-state index in [-0.39, 0.29) is 18.6 Å². The van der Waals surface area contributed by atoms with E-state index in [0.29, 0.717) is 11.6 Å². The van der Waals surface area contributed by atoms with Gasteiger partial charge in [0.2, 0.25) is 0 Å². The van der Waals surface area contributed by atoms with Gasteiger partial charge in [0.15, 0.2) is 0 Å².